The summed E-state index contributed by atoms with van der Waals surface area (Å²) in [6, 6.07) is 15.4. The van der Waals surface area contributed by atoms with Crippen LogP contribution in [0.5, 0.6) is 5.75 Å². The van der Waals surface area contributed by atoms with E-state index in [-0.39, 0.29) is 61.7 Å². The van der Waals surface area contributed by atoms with Crippen molar-refractivity contribution in [1.29, 1.82) is 0 Å². The third-order valence-electron chi connectivity index (χ3n) is 13.1. The number of aromatic nitrogens is 2. The van der Waals surface area contributed by atoms with Crippen LogP contribution in [0.2, 0.25) is 0 Å². The summed E-state index contributed by atoms with van der Waals surface area (Å²) in [6.07, 6.45) is 3.39. The normalized spacial score (nSPS) is 20.8. The lowest BCUT2D eigenvalue weighted by atomic mass is 9.84. The molecule has 0 spiro atoms. The van der Waals surface area contributed by atoms with Crippen molar-refractivity contribution < 1.29 is 38.6 Å². The maximum atomic E-state index is 14.7. The SMILES string of the molecule is CC[C@H]1N[C@H]1C(=O)N(C)CC(=O)N(C)C(C(=O)N[C@H]1Cc2cc(O)cc(c2)-c2ccc3c(c2)c(c(-c2c#ccnc2[C@H](C)OC)n3CC)CC(C)(C)COC(=O)[C@@H]2CCCN(N2)C1=O)=C(C)C. The van der Waals surface area contributed by atoms with Gasteiger partial charge in [0.15, 0.2) is 0 Å². The number of aromatic hydroxyl groups is 1. The zero-order chi connectivity index (χ0) is 48.5. The molecule has 67 heavy (non-hydrogen) atoms. The van der Waals surface area contributed by atoms with E-state index in [1.165, 1.54) is 21.9 Å². The number of ether oxygens (including phenoxy) is 2. The second-order valence-electron chi connectivity index (χ2n) is 19.0. The van der Waals surface area contributed by atoms with Crippen molar-refractivity contribution in [2.75, 3.05) is 40.9 Å². The summed E-state index contributed by atoms with van der Waals surface area (Å²) in [5.41, 5.74) is 9.44. The van der Waals surface area contributed by atoms with Gasteiger partial charge in [-0.1, -0.05) is 39.0 Å². The number of likely N-dealkylation sites (N-methyl/N-ethyl adjacent to an activating group) is 2. The number of phenolic OH excluding ortho intramolecular Hbond substituents is 1. The molecule has 2 fully saturated rings. The lowest BCUT2D eigenvalue weighted by Gasteiger charge is -2.36. The van der Waals surface area contributed by atoms with Gasteiger partial charge in [0.2, 0.25) is 11.8 Å². The summed E-state index contributed by atoms with van der Waals surface area (Å²) in [4.78, 5) is 76.9. The van der Waals surface area contributed by atoms with Crippen LogP contribution in [0.4, 0.5) is 0 Å². The van der Waals surface area contributed by atoms with Gasteiger partial charge in [-0.05, 0) is 112 Å². The summed E-state index contributed by atoms with van der Waals surface area (Å²) in [5, 5.41) is 19.7. The minimum atomic E-state index is -1.22. The highest BCUT2D eigenvalue weighted by molar-refractivity contribution is 6.01. The van der Waals surface area contributed by atoms with Gasteiger partial charge in [0.25, 0.3) is 11.8 Å². The third kappa shape index (κ3) is 10.3. The Morgan fingerprint density at radius 1 is 1.10 bits per heavy atom. The average Bonchev–Trinajstić information content (AvgIpc) is 4.04. The van der Waals surface area contributed by atoms with Crippen LogP contribution in [0.15, 0.2) is 53.9 Å². The Balaban J connectivity index is 1.29. The monoisotopic (exact) mass is 916 g/mol. The van der Waals surface area contributed by atoms with Gasteiger partial charge >= 0.3 is 5.97 Å². The molecule has 0 aliphatic carbocycles. The van der Waals surface area contributed by atoms with Crippen LogP contribution in [0.3, 0.4) is 0 Å². The maximum absolute atomic E-state index is 14.7. The van der Waals surface area contributed by atoms with E-state index in [0.717, 1.165) is 39.7 Å². The van der Waals surface area contributed by atoms with Gasteiger partial charge < -0.3 is 34.3 Å². The fraction of sp³-hybridized carbons (Fsp3) is 0.490. The molecule has 2 aromatic heterocycles. The van der Waals surface area contributed by atoms with Gasteiger partial charge in [-0.2, -0.15) is 0 Å². The molecule has 356 valence electrons. The van der Waals surface area contributed by atoms with Crippen LogP contribution >= 0.6 is 0 Å². The molecule has 3 aliphatic heterocycles. The number of benzene rings is 2. The molecule has 6 bridgehead atoms. The van der Waals surface area contributed by atoms with Crippen molar-refractivity contribution >= 4 is 40.5 Å². The predicted octanol–water partition coefficient (Wildman–Crippen LogP) is 5.01. The van der Waals surface area contributed by atoms with Gasteiger partial charge in [-0.15, -0.1) is 0 Å². The predicted molar refractivity (Wildman–Crippen MR) is 253 cm³/mol. The zero-order valence-electron chi connectivity index (χ0n) is 40.3. The number of hydrogen-bond acceptors (Lipinski definition) is 11. The van der Waals surface area contributed by atoms with E-state index in [4.69, 9.17) is 14.5 Å². The highest BCUT2D eigenvalue weighted by Gasteiger charge is 2.43. The first-order valence-corrected chi connectivity index (χ1v) is 23.2. The Morgan fingerprint density at radius 3 is 2.55 bits per heavy atom. The van der Waals surface area contributed by atoms with Crippen LogP contribution in [-0.4, -0.2) is 124 Å². The third-order valence-corrected chi connectivity index (χ3v) is 13.1. The number of carbonyl (C=O) groups excluding carboxylic acids is 5. The molecular weight excluding hydrogens is 853 g/mol. The molecule has 2 saturated heterocycles. The van der Waals surface area contributed by atoms with Gasteiger partial charge in [0, 0.05) is 63.1 Å². The Kier molecular flexibility index (Phi) is 14.4. The molecule has 2 aromatic carbocycles. The van der Waals surface area contributed by atoms with Crippen molar-refractivity contribution in [3.05, 3.63) is 82.8 Å². The van der Waals surface area contributed by atoms with Crippen LogP contribution in [0.1, 0.15) is 90.7 Å². The van der Waals surface area contributed by atoms with Crippen LogP contribution in [-0.2, 0) is 52.8 Å². The maximum Gasteiger partial charge on any atom is 0.324 e. The lowest BCUT2D eigenvalue weighted by molar-refractivity contribution is -0.155. The van der Waals surface area contributed by atoms with E-state index < -0.39 is 41.2 Å². The van der Waals surface area contributed by atoms with E-state index >= 15 is 0 Å². The quantitative estimate of drug-likeness (QED) is 0.0897. The summed E-state index contributed by atoms with van der Waals surface area (Å²) in [7, 11) is 4.67. The van der Waals surface area contributed by atoms with Crippen molar-refractivity contribution in [3.8, 4) is 28.1 Å². The fourth-order valence-corrected chi connectivity index (χ4v) is 9.39. The van der Waals surface area contributed by atoms with Crippen LogP contribution < -0.4 is 16.1 Å². The molecule has 16 nitrogen and oxygen atoms in total. The second-order valence-corrected chi connectivity index (χ2v) is 19.0. The molecule has 0 saturated carbocycles. The van der Waals surface area contributed by atoms with Gasteiger partial charge in [-0.3, -0.25) is 34.3 Å². The number of carbonyl (C=O) groups is 5. The number of aryl methyl sites for hydroxylation is 1. The number of hydrogen-bond donors (Lipinski definition) is 4. The summed E-state index contributed by atoms with van der Waals surface area (Å²) in [5.74, 6) is -2.44. The number of methoxy groups -OCH3 is 1. The number of esters is 1. The first-order valence-electron chi connectivity index (χ1n) is 23.2. The number of fused-ring (bicyclic) bond motifs is 6. The van der Waals surface area contributed by atoms with Crippen molar-refractivity contribution in [1.82, 2.24) is 40.4 Å². The highest BCUT2D eigenvalue weighted by atomic mass is 16.5. The first kappa shape index (κ1) is 48.6. The number of nitrogens with one attached hydrogen (secondary N) is 3. The molecule has 16 heteroatoms. The van der Waals surface area contributed by atoms with Crippen LogP contribution in [0.25, 0.3) is 33.3 Å². The minimum Gasteiger partial charge on any atom is -0.508 e. The molecule has 0 unspecified atom stereocenters. The Hall–Kier alpha value is -6.28. The number of hydrazine groups is 1. The fourth-order valence-electron chi connectivity index (χ4n) is 9.39. The van der Waals surface area contributed by atoms with Crippen molar-refractivity contribution in [2.24, 2.45) is 5.41 Å². The smallest absolute Gasteiger partial charge is 0.324 e. The van der Waals surface area contributed by atoms with E-state index in [2.05, 4.69) is 65.7 Å². The molecule has 4 amide bonds. The Bertz CT molecular complexity index is 2600. The average molecular weight is 917 g/mol. The van der Waals surface area contributed by atoms with E-state index in [1.54, 1.807) is 46.3 Å². The number of nitrogens with zero attached hydrogens (tertiary/aromatic N) is 5. The van der Waals surface area contributed by atoms with Gasteiger partial charge in [0.1, 0.15) is 29.6 Å². The minimum absolute atomic E-state index is 0.0226. The molecule has 5 atom stereocenters. The number of cyclic esters (lactones) is 1. The highest BCUT2D eigenvalue weighted by Crippen LogP contribution is 2.42. The van der Waals surface area contributed by atoms with Crippen molar-refractivity contribution in [2.45, 2.75) is 117 Å². The molecular formula is C51H64N8O8. The summed E-state index contributed by atoms with van der Waals surface area (Å²) in [6.45, 7) is 14.2. The standard InChI is InChI=1S/C51H64N8O8/c1-11-38-44(53-38)49(64)56(8)27-42(61)57(9)45(29(3)4)47(62)54-40-23-31-21-33(24-34(60)22-31)32-17-18-41-36(25-32)37(46(58(41)12-2)35-15-13-19-52-43(35)30(5)66-10)26-51(6,7)28-67-50(65)39-16-14-20-59(55-39)48(40)63/h17-19,21-22,24-25,30,38-40,44,53,55,60H,11-12,14,16,20,23,26-28H2,1-10H3,(H,54,62)/t30-,38+,39-,40-,44+/m0/s1. The molecule has 0 radical (unpaired) electrons. The van der Waals surface area contributed by atoms with Gasteiger partial charge in [-0.25, -0.2) is 10.4 Å². The molecule has 5 heterocycles. The summed E-state index contributed by atoms with van der Waals surface area (Å²) >= 11 is 0. The van der Waals surface area contributed by atoms with E-state index in [0.29, 0.717) is 48.2 Å². The Morgan fingerprint density at radius 2 is 1.87 bits per heavy atom. The Labute approximate surface area is 393 Å². The van der Waals surface area contributed by atoms with Crippen molar-refractivity contribution in [3.63, 3.8) is 0 Å². The van der Waals surface area contributed by atoms with E-state index in [1.807, 2.05) is 26.0 Å². The number of rotatable bonds is 11. The second kappa shape index (κ2) is 19.9. The number of phenols is 1. The number of allylic oxidation sites excluding steroid dienone is 1. The largest absolute Gasteiger partial charge is 0.508 e. The number of amides is 4. The topological polar surface area (TPSA) is 198 Å². The lowest BCUT2D eigenvalue weighted by Crippen LogP contribution is -2.60. The van der Waals surface area contributed by atoms with E-state index in [9.17, 15) is 29.1 Å². The molecule has 3 aliphatic rings. The molecule has 7 rings (SSSR count). The van der Waals surface area contributed by atoms with Crippen LogP contribution in [0, 0.1) is 17.5 Å². The first-order chi connectivity index (χ1) is 31.9. The molecule has 4 aromatic rings. The molecule has 4 N–H and O–H groups in total. The van der Waals surface area contributed by atoms with Gasteiger partial charge in [0.05, 0.1) is 42.4 Å². The summed E-state index contributed by atoms with van der Waals surface area (Å²) < 4.78 is 14.1. The zero-order valence-corrected chi connectivity index (χ0v) is 40.3.